The van der Waals surface area contributed by atoms with E-state index in [-0.39, 0.29) is 11.8 Å². The second-order valence-electron chi connectivity index (χ2n) is 5.48. The Hall–Kier alpha value is -1.59. The molecule has 0 radical (unpaired) electrons. The van der Waals surface area contributed by atoms with Gasteiger partial charge in [-0.25, -0.2) is 4.98 Å². The number of thiazole rings is 1. The molecular formula is C16H18ClN3OS. The lowest BCUT2D eigenvalue weighted by Crippen LogP contribution is -2.20. The molecule has 1 saturated carbocycles. The molecule has 0 unspecified atom stereocenters. The highest BCUT2D eigenvalue weighted by atomic mass is 35.5. The summed E-state index contributed by atoms with van der Waals surface area (Å²) in [4.78, 5) is 17.2. The molecule has 1 aromatic carbocycles. The van der Waals surface area contributed by atoms with Gasteiger partial charge in [-0.1, -0.05) is 24.4 Å². The molecule has 2 N–H and O–H groups in total. The molecule has 0 atom stereocenters. The molecule has 22 heavy (non-hydrogen) atoms. The van der Waals surface area contributed by atoms with Gasteiger partial charge in [-0.2, -0.15) is 0 Å². The molecule has 0 saturated heterocycles. The number of benzene rings is 1. The van der Waals surface area contributed by atoms with Crippen molar-refractivity contribution in [3.8, 4) is 0 Å². The third kappa shape index (κ3) is 3.99. The Labute approximate surface area is 138 Å². The van der Waals surface area contributed by atoms with Crippen molar-refractivity contribution in [2.24, 2.45) is 5.92 Å². The number of nitrogens with one attached hydrogen (secondary N) is 2. The summed E-state index contributed by atoms with van der Waals surface area (Å²) in [6.07, 6.45) is 6.15. The highest BCUT2D eigenvalue weighted by Gasteiger charge is 2.22. The Morgan fingerprint density at radius 3 is 2.55 bits per heavy atom. The number of hydrogen-bond donors (Lipinski definition) is 2. The van der Waals surface area contributed by atoms with Crippen molar-refractivity contribution in [2.75, 3.05) is 10.6 Å². The van der Waals surface area contributed by atoms with Crippen LogP contribution < -0.4 is 10.6 Å². The van der Waals surface area contributed by atoms with E-state index in [2.05, 4.69) is 15.6 Å². The minimum atomic E-state index is 0.150. The Morgan fingerprint density at radius 1 is 1.23 bits per heavy atom. The van der Waals surface area contributed by atoms with E-state index in [1.54, 1.807) is 6.20 Å². The molecule has 1 aliphatic rings. The van der Waals surface area contributed by atoms with Crippen molar-refractivity contribution in [3.05, 3.63) is 39.8 Å². The maximum absolute atomic E-state index is 12.1. The van der Waals surface area contributed by atoms with Crippen molar-refractivity contribution in [1.82, 2.24) is 4.98 Å². The molecule has 1 aliphatic carbocycles. The van der Waals surface area contributed by atoms with Gasteiger partial charge in [0.05, 0.1) is 6.54 Å². The number of hydrogen-bond acceptors (Lipinski definition) is 4. The van der Waals surface area contributed by atoms with Gasteiger partial charge in [0.2, 0.25) is 5.91 Å². The summed E-state index contributed by atoms with van der Waals surface area (Å²) in [6, 6.07) is 7.78. The van der Waals surface area contributed by atoms with Crippen LogP contribution in [-0.2, 0) is 11.3 Å². The standard InChI is InChI=1S/C16H18ClN3OS/c17-16-19-10-14(22-16)9-18-12-5-7-13(8-6-12)20-15(21)11-3-1-2-4-11/h5-8,10-11,18H,1-4,9H2,(H,20,21). The van der Waals surface area contributed by atoms with Crippen LogP contribution in [0.15, 0.2) is 30.5 Å². The zero-order chi connectivity index (χ0) is 15.4. The van der Waals surface area contributed by atoms with Crippen molar-refractivity contribution in [1.29, 1.82) is 0 Å². The predicted molar refractivity (Wildman–Crippen MR) is 91.5 cm³/mol. The van der Waals surface area contributed by atoms with E-state index in [0.717, 1.165) is 29.1 Å². The summed E-state index contributed by atoms with van der Waals surface area (Å²) < 4.78 is 0.557. The van der Waals surface area contributed by atoms with Crippen LogP contribution in [-0.4, -0.2) is 10.9 Å². The first-order valence-corrected chi connectivity index (χ1v) is 8.65. The molecule has 1 aromatic heterocycles. The number of amides is 1. The Kier molecular flexibility index (Phi) is 4.95. The summed E-state index contributed by atoms with van der Waals surface area (Å²) in [7, 11) is 0. The second-order valence-corrected chi connectivity index (χ2v) is 7.18. The van der Waals surface area contributed by atoms with Gasteiger partial charge < -0.3 is 10.6 Å². The lowest BCUT2D eigenvalue weighted by molar-refractivity contribution is -0.119. The van der Waals surface area contributed by atoms with E-state index >= 15 is 0 Å². The van der Waals surface area contributed by atoms with E-state index in [9.17, 15) is 4.79 Å². The van der Waals surface area contributed by atoms with Gasteiger partial charge >= 0.3 is 0 Å². The van der Waals surface area contributed by atoms with Crippen molar-refractivity contribution in [3.63, 3.8) is 0 Å². The summed E-state index contributed by atoms with van der Waals surface area (Å²) in [5.41, 5.74) is 1.85. The number of carbonyl (C=O) groups is 1. The number of halogens is 1. The van der Waals surface area contributed by atoms with Crippen molar-refractivity contribution >= 4 is 40.2 Å². The van der Waals surface area contributed by atoms with Crippen LogP contribution in [0.1, 0.15) is 30.6 Å². The van der Waals surface area contributed by atoms with Gasteiger partial charge in [-0.05, 0) is 37.1 Å². The number of anilines is 2. The Bertz CT molecular complexity index is 635. The van der Waals surface area contributed by atoms with Crippen LogP contribution in [0.25, 0.3) is 0 Å². The number of carbonyl (C=O) groups excluding carboxylic acids is 1. The molecule has 116 valence electrons. The van der Waals surface area contributed by atoms with Gasteiger partial charge in [0.15, 0.2) is 4.47 Å². The predicted octanol–water partition coefficient (Wildman–Crippen LogP) is 4.54. The van der Waals surface area contributed by atoms with Crippen LogP contribution in [0.2, 0.25) is 4.47 Å². The van der Waals surface area contributed by atoms with E-state index in [1.807, 2.05) is 24.3 Å². The van der Waals surface area contributed by atoms with Crippen LogP contribution >= 0.6 is 22.9 Å². The molecule has 0 spiro atoms. The van der Waals surface area contributed by atoms with Crippen LogP contribution in [0.4, 0.5) is 11.4 Å². The first-order valence-electron chi connectivity index (χ1n) is 7.46. The highest BCUT2D eigenvalue weighted by molar-refractivity contribution is 7.15. The van der Waals surface area contributed by atoms with Crippen molar-refractivity contribution in [2.45, 2.75) is 32.2 Å². The third-order valence-electron chi connectivity index (χ3n) is 3.87. The normalized spacial score (nSPS) is 15.0. The van der Waals surface area contributed by atoms with Gasteiger partial charge in [0.25, 0.3) is 0 Å². The molecule has 3 rings (SSSR count). The quantitative estimate of drug-likeness (QED) is 0.843. The zero-order valence-corrected chi connectivity index (χ0v) is 13.7. The molecule has 2 aromatic rings. The lowest BCUT2D eigenvalue weighted by atomic mass is 10.1. The van der Waals surface area contributed by atoms with Crippen LogP contribution in [0, 0.1) is 5.92 Å². The van der Waals surface area contributed by atoms with Gasteiger partial charge in [-0.3, -0.25) is 4.79 Å². The molecule has 4 nitrogen and oxygen atoms in total. The summed E-state index contributed by atoms with van der Waals surface area (Å²) in [6.45, 7) is 0.693. The van der Waals surface area contributed by atoms with E-state index < -0.39 is 0 Å². The number of aromatic nitrogens is 1. The molecule has 1 fully saturated rings. The smallest absolute Gasteiger partial charge is 0.227 e. The fourth-order valence-corrected chi connectivity index (χ4v) is 3.58. The molecule has 1 amide bonds. The highest BCUT2D eigenvalue weighted by Crippen LogP contribution is 2.26. The van der Waals surface area contributed by atoms with E-state index in [4.69, 9.17) is 11.6 Å². The minimum Gasteiger partial charge on any atom is -0.380 e. The fraction of sp³-hybridized carbons (Fsp3) is 0.375. The zero-order valence-electron chi connectivity index (χ0n) is 12.1. The molecular weight excluding hydrogens is 318 g/mol. The summed E-state index contributed by atoms with van der Waals surface area (Å²) in [5, 5.41) is 6.31. The second kappa shape index (κ2) is 7.11. The average molecular weight is 336 g/mol. The van der Waals surface area contributed by atoms with Gasteiger partial charge in [0.1, 0.15) is 0 Å². The maximum Gasteiger partial charge on any atom is 0.227 e. The summed E-state index contributed by atoms with van der Waals surface area (Å²) >= 11 is 7.27. The largest absolute Gasteiger partial charge is 0.380 e. The van der Waals surface area contributed by atoms with Crippen molar-refractivity contribution < 1.29 is 4.79 Å². The van der Waals surface area contributed by atoms with E-state index in [0.29, 0.717) is 11.0 Å². The Balaban J connectivity index is 1.52. The molecule has 6 heteroatoms. The van der Waals surface area contributed by atoms with Gasteiger partial charge in [-0.15, -0.1) is 11.3 Å². The molecule has 0 aliphatic heterocycles. The minimum absolute atomic E-state index is 0.150. The molecule has 0 bridgehead atoms. The SMILES string of the molecule is O=C(Nc1ccc(NCc2cnc(Cl)s2)cc1)C1CCCC1. The first kappa shape index (κ1) is 15.3. The van der Waals surface area contributed by atoms with E-state index in [1.165, 1.54) is 24.2 Å². The lowest BCUT2D eigenvalue weighted by Gasteiger charge is -2.11. The topological polar surface area (TPSA) is 54.0 Å². The van der Waals surface area contributed by atoms with Crippen LogP contribution in [0.3, 0.4) is 0 Å². The molecule has 1 heterocycles. The first-order chi connectivity index (χ1) is 10.7. The number of nitrogens with zero attached hydrogens (tertiary/aromatic N) is 1. The summed E-state index contributed by atoms with van der Waals surface area (Å²) in [5.74, 6) is 0.339. The third-order valence-corrected chi connectivity index (χ3v) is 4.99. The number of rotatable bonds is 5. The van der Waals surface area contributed by atoms with Crippen LogP contribution in [0.5, 0.6) is 0 Å². The van der Waals surface area contributed by atoms with Gasteiger partial charge in [0, 0.05) is 28.4 Å². The fourth-order valence-electron chi connectivity index (χ4n) is 2.66. The Morgan fingerprint density at radius 2 is 1.91 bits per heavy atom. The average Bonchev–Trinajstić information content (AvgIpc) is 3.18. The maximum atomic E-state index is 12.1. The monoisotopic (exact) mass is 335 g/mol.